The average Bonchev–Trinajstić information content (AvgIpc) is 2.33. The molecule has 2 atom stereocenters. The molecule has 1 aromatic rings. The molecule has 0 saturated carbocycles. The molecular formula is C13H21N3O. The first-order valence-corrected chi connectivity index (χ1v) is 6.32. The highest BCUT2D eigenvalue weighted by molar-refractivity contribution is 5.55. The van der Waals surface area contributed by atoms with E-state index in [-0.39, 0.29) is 6.10 Å². The Hall–Kier alpha value is -1.29. The molecule has 0 aliphatic carbocycles. The highest BCUT2D eigenvalue weighted by Crippen LogP contribution is 2.24. The topological polar surface area (TPSA) is 48.4 Å². The Morgan fingerprint density at radius 1 is 1.53 bits per heavy atom. The standard InChI is InChI=1S/C13H21N3O/c1-3-15-11-6-12(8-14-7-11)16-5-4-10(2)13(17)9-16/h6-8,10,13,15,17H,3-5,9H2,1-2H3. The number of piperidine rings is 1. The molecule has 0 amide bonds. The van der Waals surface area contributed by atoms with E-state index in [1.807, 2.05) is 12.4 Å². The Kier molecular flexibility index (Phi) is 3.84. The number of rotatable bonds is 3. The van der Waals surface area contributed by atoms with Gasteiger partial charge in [0.1, 0.15) is 0 Å². The molecule has 1 aliphatic heterocycles. The van der Waals surface area contributed by atoms with Crippen LogP contribution in [-0.2, 0) is 0 Å². The molecule has 94 valence electrons. The van der Waals surface area contributed by atoms with Gasteiger partial charge in [-0.05, 0) is 25.3 Å². The van der Waals surface area contributed by atoms with Crippen molar-refractivity contribution >= 4 is 11.4 Å². The van der Waals surface area contributed by atoms with Crippen LogP contribution in [0.15, 0.2) is 18.5 Å². The predicted octanol–water partition coefficient (Wildman–Crippen LogP) is 1.72. The van der Waals surface area contributed by atoms with E-state index in [1.165, 1.54) is 0 Å². The Balaban J connectivity index is 2.09. The van der Waals surface area contributed by atoms with Gasteiger partial charge in [0.25, 0.3) is 0 Å². The molecule has 4 heteroatoms. The van der Waals surface area contributed by atoms with E-state index in [0.717, 1.165) is 30.9 Å². The van der Waals surface area contributed by atoms with Crippen LogP contribution in [0, 0.1) is 5.92 Å². The van der Waals surface area contributed by atoms with Gasteiger partial charge in [0.15, 0.2) is 0 Å². The van der Waals surface area contributed by atoms with Crippen LogP contribution >= 0.6 is 0 Å². The van der Waals surface area contributed by atoms with E-state index in [0.29, 0.717) is 12.5 Å². The van der Waals surface area contributed by atoms with E-state index in [9.17, 15) is 5.11 Å². The van der Waals surface area contributed by atoms with Gasteiger partial charge in [-0.15, -0.1) is 0 Å². The normalized spacial score (nSPS) is 24.8. The Morgan fingerprint density at radius 2 is 2.35 bits per heavy atom. The molecule has 2 unspecified atom stereocenters. The van der Waals surface area contributed by atoms with Gasteiger partial charge in [-0.25, -0.2) is 0 Å². The SMILES string of the molecule is CCNc1cncc(N2CCC(C)C(O)C2)c1. The second-order valence-corrected chi connectivity index (χ2v) is 4.74. The molecule has 0 aromatic carbocycles. The maximum Gasteiger partial charge on any atom is 0.0741 e. The van der Waals surface area contributed by atoms with E-state index >= 15 is 0 Å². The molecule has 0 spiro atoms. The first-order chi connectivity index (χ1) is 8.20. The van der Waals surface area contributed by atoms with Crippen molar-refractivity contribution in [2.24, 2.45) is 5.92 Å². The third-order valence-electron chi connectivity index (χ3n) is 3.39. The minimum Gasteiger partial charge on any atom is -0.391 e. The lowest BCUT2D eigenvalue weighted by molar-refractivity contribution is 0.103. The fraction of sp³-hybridized carbons (Fsp3) is 0.615. The van der Waals surface area contributed by atoms with Gasteiger partial charge in [0.05, 0.1) is 29.9 Å². The summed E-state index contributed by atoms with van der Waals surface area (Å²) in [4.78, 5) is 6.44. The third kappa shape index (κ3) is 2.88. The van der Waals surface area contributed by atoms with E-state index in [1.54, 1.807) is 0 Å². The lowest BCUT2D eigenvalue weighted by atomic mass is 9.96. The lowest BCUT2D eigenvalue weighted by Crippen LogP contribution is -2.42. The molecule has 1 fully saturated rings. The number of β-amino-alcohol motifs (C(OH)–C–C–N with tert-alkyl or cyclic N) is 1. The summed E-state index contributed by atoms with van der Waals surface area (Å²) in [6.07, 6.45) is 4.50. The molecule has 1 aliphatic rings. The van der Waals surface area contributed by atoms with Crippen molar-refractivity contribution in [3.8, 4) is 0 Å². The van der Waals surface area contributed by atoms with Crippen LogP contribution in [0.5, 0.6) is 0 Å². The summed E-state index contributed by atoms with van der Waals surface area (Å²) >= 11 is 0. The summed E-state index contributed by atoms with van der Waals surface area (Å²) < 4.78 is 0. The quantitative estimate of drug-likeness (QED) is 0.837. The second kappa shape index (κ2) is 5.36. The van der Waals surface area contributed by atoms with Gasteiger partial charge in [0.2, 0.25) is 0 Å². The summed E-state index contributed by atoms with van der Waals surface area (Å²) in [6, 6.07) is 2.10. The summed E-state index contributed by atoms with van der Waals surface area (Å²) in [5.74, 6) is 0.399. The molecule has 0 bridgehead atoms. The number of aromatic nitrogens is 1. The number of hydrogen-bond donors (Lipinski definition) is 2. The predicted molar refractivity (Wildman–Crippen MR) is 70.4 cm³/mol. The van der Waals surface area contributed by atoms with Gasteiger partial charge < -0.3 is 15.3 Å². The number of hydrogen-bond acceptors (Lipinski definition) is 4. The first-order valence-electron chi connectivity index (χ1n) is 6.32. The minimum atomic E-state index is -0.230. The lowest BCUT2D eigenvalue weighted by Gasteiger charge is -2.35. The molecule has 4 nitrogen and oxygen atoms in total. The van der Waals surface area contributed by atoms with Crippen molar-refractivity contribution in [2.75, 3.05) is 29.9 Å². The smallest absolute Gasteiger partial charge is 0.0741 e. The van der Waals surface area contributed by atoms with Crippen LogP contribution in [0.1, 0.15) is 20.3 Å². The number of anilines is 2. The maximum atomic E-state index is 9.90. The zero-order chi connectivity index (χ0) is 12.3. The summed E-state index contributed by atoms with van der Waals surface area (Å²) in [6.45, 7) is 6.77. The Bertz CT molecular complexity index is 369. The van der Waals surface area contributed by atoms with Crippen LogP contribution in [0.25, 0.3) is 0 Å². The summed E-state index contributed by atoms with van der Waals surface area (Å²) in [5, 5.41) is 13.2. The molecule has 1 aromatic heterocycles. The number of pyridine rings is 1. The molecular weight excluding hydrogens is 214 g/mol. The molecule has 1 saturated heterocycles. The van der Waals surface area contributed by atoms with Crippen molar-refractivity contribution in [2.45, 2.75) is 26.4 Å². The van der Waals surface area contributed by atoms with Gasteiger partial charge >= 0.3 is 0 Å². The zero-order valence-electron chi connectivity index (χ0n) is 10.6. The van der Waals surface area contributed by atoms with Gasteiger partial charge in [0, 0.05) is 19.6 Å². The molecule has 2 N–H and O–H groups in total. The largest absolute Gasteiger partial charge is 0.391 e. The molecule has 17 heavy (non-hydrogen) atoms. The third-order valence-corrected chi connectivity index (χ3v) is 3.39. The van der Waals surface area contributed by atoms with E-state index < -0.39 is 0 Å². The Labute approximate surface area is 103 Å². The van der Waals surface area contributed by atoms with E-state index in [4.69, 9.17) is 0 Å². The van der Waals surface area contributed by atoms with Gasteiger partial charge in [-0.3, -0.25) is 4.98 Å². The highest BCUT2D eigenvalue weighted by atomic mass is 16.3. The average molecular weight is 235 g/mol. The van der Waals surface area contributed by atoms with Crippen LogP contribution in [-0.4, -0.2) is 35.8 Å². The maximum absolute atomic E-state index is 9.90. The van der Waals surface area contributed by atoms with Gasteiger partial charge in [-0.2, -0.15) is 0 Å². The fourth-order valence-electron chi connectivity index (χ4n) is 2.18. The fourth-order valence-corrected chi connectivity index (χ4v) is 2.18. The Morgan fingerprint density at radius 3 is 3.06 bits per heavy atom. The summed E-state index contributed by atoms with van der Waals surface area (Å²) in [5.41, 5.74) is 2.13. The van der Waals surface area contributed by atoms with Crippen molar-refractivity contribution in [3.63, 3.8) is 0 Å². The molecule has 2 rings (SSSR count). The van der Waals surface area contributed by atoms with E-state index in [2.05, 4.69) is 35.1 Å². The number of nitrogens with one attached hydrogen (secondary N) is 1. The first kappa shape index (κ1) is 12.2. The van der Waals surface area contributed by atoms with Crippen LogP contribution in [0.3, 0.4) is 0 Å². The van der Waals surface area contributed by atoms with Crippen LogP contribution in [0.4, 0.5) is 11.4 Å². The molecule has 0 radical (unpaired) electrons. The van der Waals surface area contributed by atoms with Crippen LogP contribution < -0.4 is 10.2 Å². The number of aliphatic hydroxyl groups is 1. The second-order valence-electron chi connectivity index (χ2n) is 4.74. The van der Waals surface area contributed by atoms with Crippen LogP contribution in [0.2, 0.25) is 0 Å². The van der Waals surface area contributed by atoms with Crippen molar-refractivity contribution < 1.29 is 5.11 Å². The van der Waals surface area contributed by atoms with Crippen molar-refractivity contribution in [1.82, 2.24) is 4.98 Å². The van der Waals surface area contributed by atoms with Crippen molar-refractivity contribution in [1.29, 1.82) is 0 Å². The monoisotopic (exact) mass is 235 g/mol. The number of aliphatic hydroxyl groups excluding tert-OH is 1. The van der Waals surface area contributed by atoms with Crippen molar-refractivity contribution in [3.05, 3.63) is 18.5 Å². The highest BCUT2D eigenvalue weighted by Gasteiger charge is 2.24. The number of nitrogens with zero attached hydrogens (tertiary/aromatic N) is 2. The zero-order valence-corrected chi connectivity index (χ0v) is 10.6. The molecule has 2 heterocycles. The summed E-state index contributed by atoms with van der Waals surface area (Å²) in [7, 11) is 0. The van der Waals surface area contributed by atoms with Gasteiger partial charge in [-0.1, -0.05) is 6.92 Å². The minimum absolute atomic E-state index is 0.230.